The van der Waals surface area contributed by atoms with Gasteiger partial charge in [0.1, 0.15) is 18.2 Å². The zero-order valence-corrected chi connectivity index (χ0v) is 18.2. The SMILES string of the molecule is Cc1cccc2c1nc(COc1ccc(Cl)cc1)n2CCCC1CCCN(C)C1. The number of ether oxygens (including phenoxy) is 1. The van der Waals surface area contributed by atoms with Crippen molar-refractivity contribution < 1.29 is 4.74 Å². The minimum Gasteiger partial charge on any atom is -0.486 e. The number of halogens is 1. The Morgan fingerprint density at radius 1 is 1.17 bits per heavy atom. The Morgan fingerprint density at radius 2 is 2.00 bits per heavy atom. The van der Waals surface area contributed by atoms with E-state index >= 15 is 0 Å². The Balaban J connectivity index is 1.48. The highest BCUT2D eigenvalue weighted by atomic mass is 35.5. The first-order valence-electron chi connectivity index (χ1n) is 10.6. The monoisotopic (exact) mass is 411 g/mol. The predicted molar refractivity (Wildman–Crippen MR) is 120 cm³/mol. The van der Waals surface area contributed by atoms with E-state index in [1.54, 1.807) is 0 Å². The molecule has 4 rings (SSSR count). The van der Waals surface area contributed by atoms with Crippen LogP contribution in [0.2, 0.25) is 5.02 Å². The number of likely N-dealkylation sites (tertiary alicyclic amines) is 1. The third-order valence-corrected chi connectivity index (χ3v) is 6.21. The van der Waals surface area contributed by atoms with Crippen LogP contribution < -0.4 is 4.74 Å². The van der Waals surface area contributed by atoms with Crippen LogP contribution in [0, 0.1) is 12.8 Å². The lowest BCUT2D eigenvalue weighted by atomic mass is 9.94. The molecule has 2 heterocycles. The molecular weight excluding hydrogens is 382 g/mol. The number of hydrogen-bond acceptors (Lipinski definition) is 3. The van der Waals surface area contributed by atoms with Crippen molar-refractivity contribution in [2.45, 2.75) is 45.8 Å². The van der Waals surface area contributed by atoms with E-state index in [0.717, 1.165) is 29.6 Å². The molecule has 29 heavy (non-hydrogen) atoms. The minimum absolute atomic E-state index is 0.460. The molecule has 1 fully saturated rings. The molecule has 4 nitrogen and oxygen atoms in total. The van der Waals surface area contributed by atoms with Crippen molar-refractivity contribution in [1.82, 2.24) is 14.5 Å². The molecule has 1 aliphatic rings. The number of imidazole rings is 1. The van der Waals surface area contributed by atoms with Crippen LogP contribution in [0.25, 0.3) is 11.0 Å². The Labute approximate surface area is 178 Å². The minimum atomic E-state index is 0.460. The van der Waals surface area contributed by atoms with Crippen molar-refractivity contribution in [3.05, 3.63) is 58.9 Å². The summed E-state index contributed by atoms with van der Waals surface area (Å²) in [4.78, 5) is 7.39. The summed E-state index contributed by atoms with van der Waals surface area (Å²) in [5.74, 6) is 2.62. The molecule has 1 unspecified atom stereocenters. The number of nitrogens with zero attached hydrogens (tertiary/aromatic N) is 3. The second kappa shape index (κ2) is 9.19. The van der Waals surface area contributed by atoms with E-state index in [-0.39, 0.29) is 0 Å². The number of para-hydroxylation sites is 1. The number of fused-ring (bicyclic) bond motifs is 1. The molecule has 3 aromatic rings. The van der Waals surface area contributed by atoms with Crippen LogP contribution in [0.15, 0.2) is 42.5 Å². The lowest BCUT2D eigenvalue weighted by Crippen LogP contribution is -2.32. The van der Waals surface area contributed by atoms with E-state index in [9.17, 15) is 0 Å². The lowest BCUT2D eigenvalue weighted by Gasteiger charge is -2.29. The first-order valence-corrected chi connectivity index (χ1v) is 11.0. The fraction of sp³-hybridized carbons (Fsp3) is 0.458. The number of piperidine rings is 1. The third-order valence-electron chi connectivity index (χ3n) is 5.96. The molecule has 1 aliphatic heterocycles. The highest BCUT2D eigenvalue weighted by Crippen LogP contribution is 2.24. The Hall–Kier alpha value is -2.04. The molecule has 0 amide bonds. The zero-order valence-electron chi connectivity index (χ0n) is 17.4. The van der Waals surface area contributed by atoms with Gasteiger partial charge < -0.3 is 14.2 Å². The maximum atomic E-state index is 6.02. The van der Waals surface area contributed by atoms with Gasteiger partial charge in [-0.1, -0.05) is 23.7 Å². The van der Waals surface area contributed by atoms with E-state index in [4.69, 9.17) is 21.3 Å². The van der Waals surface area contributed by atoms with Crippen molar-refractivity contribution in [2.24, 2.45) is 5.92 Å². The van der Waals surface area contributed by atoms with E-state index in [0.29, 0.717) is 11.6 Å². The summed E-state index contributed by atoms with van der Waals surface area (Å²) in [6.07, 6.45) is 5.13. The van der Waals surface area contributed by atoms with Gasteiger partial charge in [0.2, 0.25) is 0 Å². The van der Waals surface area contributed by atoms with Gasteiger partial charge in [0, 0.05) is 18.1 Å². The quantitative estimate of drug-likeness (QED) is 0.499. The molecule has 0 bridgehead atoms. The molecule has 0 N–H and O–H groups in total. The van der Waals surface area contributed by atoms with Gasteiger partial charge in [-0.3, -0.25) is 0 Å². The normalized spacial score (nSPS) is 17.7. The fourth-order valence-electron chi connectivity index (χ4n) is 4.42. The molecule has 0 saturated carbocycles. The molecule has 1 aromatic heterocycles. The molecule has 2 aromatic carbocycles. The van der Waals surface area contributed by atoms with Crippen LogP contribution in [-0.2, 0) is 13.2 Å². The van der Waals surface area contributed by atoms with Crippen LogP contribution >= 0.6 is 11.6 Å². The summed E-state index contributed by atoms with van der Waals surface area (Å²) in [6.45, 7) is 6.05. The summed E-state index contributed by atoms with van der Waals surface area (Å²) < 4.78 is 8.37. The summed E-state index contributed by atoms with van der Waals surface area (Å²) in [5, 5.41) is 0.716. The highest BCUT2D eigenvalue weighted by Gasteiger charge is 2.18. The first kappa shape index (κ1) is 20.2. The maximum Gasteiger partial charge on any atom is 0.148 e. The third kappa shape index (κ3) is 4.93. The van der Waals surface area contributed by atoms with Crippen LogP contribution in [-0.4, -0.2) is 34.6 Å². The maximum absolute atomic E-state index is 6.02. The smallest absolute Gasteiger partial charge is 0.148 e. The molecule has 0 radical (unpaired) electrons. The first-order chi connectivity index (χ1) is 14.1. The van der Waals surface area contributed by atoms with Gasteiger partial charge in [-0.15, -0.1) is 0 Å². The Bertz CT molecular complexity index is 951. The van der Waals surface area contributed by atoms with Gasteiger partial charge >= 0.3 is 0 Å². The Morgan fingerprint density at radius 3 is 2.79 bits per heavy atom. The molecule has 0 spiro atoms. The largest absolute Gasteiger partial charge is 0.486 e. The summed E-state index contributed by atoms with van der Waals surface area (Å²) >= 11 is 5.98. The number of hydrogen-bond donors (Lipinski definition) is 0. The van der Waals surface area contributed by atoms with Crippen molar-refractivity contribution in [2.75, 3.05) is 20.1 Å². The average Bonchev–Trinajstić information content (AvgIpc) is 3.07. The summed E-state index contributed by atoms with van der Waals surface area (Å²) in [7, 11) is 2.24. The molecule has 5 heteroatoms. The topological polar surface area (TPSA) is 30.3 Å². The van der Waals surface area contributed by atoms with E-state index in [1.807, 2.05) is 24.3 Å². The second-order valence-corrected chi connectivity index (χ2v) is 8.71. The van der Waals surface area contributed by atoms with Gasteiger partial charge in [-0.25, -0.2) is 4.98 Å². The lowest BCUT2D eigenvalue weighted by molar-refractivity contribution is 0.198. The van der Waals surface area contributed by atoms with Crippen LogP contribution in [0.5, 0.6) is 5.75 Å². The van der Waals surface area contributed by atoms with Gasteiger partial charge in [-0.05, 0) is 88.0 Å². The second-order valence-electron chi connectivity index (χ2n) is 8.28. The van der Waals surface area contributed by atoms with Gasteiger partial charge in [0.05, 0.1) is 11.0 Å². The number of aryl methyl sites for hydroxylation is 2. The Kier molecular flexibility index (Phi) is 6.41. The summed E-state index contributed by atoms with van der Waals surface area (Å²) in [5.41, 5.74) is 3.50. The molecular formula is C24H30ClN3O. The van der Waals surface area contributed by atoms with Crippen LogP contribution in [0.3, 0.4) is 0 Å². The predicted octanol–water partition coefficient (Wildman–Crippen LogP) is 5.70. The van der Waals surface area contributed by atoms with Gasteiger partial charge in [0.25, 0.3) is 0 Å². The highest BCUT2D eigenvalue weighted by molar-refractivity contribution is 6.30. The van der Waals surface area contributed by atoms with Crippen molar-refractivity contribution in [3.8, 4) is 5.75 Å². The van der Waals surface area contributed by atoms with E-state index in [2.05, 4.69) is 41.6 Å². The molecule has 154 valence electrons. The fourth-order valence-corrected chi connectivity index (χ4v) is 4.55. The van der Waals surface area contributed by atoms with Gasteiger partial charge in [0.15, 0.2) is 0 Å². The molecule has 1 saturated heterocycles. The molecule has 1 atom stereocenters. The average molecular weight is 412 g/mol. The summed E-state index contributed by atoms with van der Waals surface area (Å²) in [6, 6.07) is 13.9. The number of benzene rings is 2. The van der Waals surface area contributed by atoms with Crippen molar-refractivity contribution in [3.63, 3.8) is 0 Å². The zero-order chi connectivity index (χ0) is 20.2. The van der Waals surface area contributed by atoms with Crippen LogP contribution in [0.1, 0.15) is 37.1 Å². The van der Waals surface area contributed by atoms with Gasteiger partial charge in [-0.2, -0.15) is 0 Å². The van der Waals surface area contributed by atoms with E-state index in [1.165, 1.54) is 49.9 Å². The standard InChI is InChI=1S/C24H30ClN3O/c1-18-6-3-9-22-24(18)26-23(17-29-21-12-10-20(25)11-13-21)28(22)15-5-8-19-7-4-14-27(2)16-19/h3,6,9-13,19H,4-5,7-8,14-17H2,1-2H3. The van der Waals surface area contributed by atoms with Crippen molar-refractivity contribution in [1.29, 1.82) is 0 Å². The van der Waals surface area contributed by atoms with Crippen molar-refractivity contribution >= 4 is 22.6 Å². The molecule has 0 aliphatic carbocycles. The van der Waals surface area contributed by atoms with E-state index < -0.39 is 0 Å². The number of aromatic nitrogens is 2. The van der Waals surface area contributed by atoms with Crippen LogP contribution in [0.4, 0.5) is 0 Å². The number of rotatable bonds is 7.